The third-order valence-electron chi connectivity index (χ3n) is 2.91. The van der Waals surface area contributed by atoms with E-state index in [-0.39, 0.29) is 12.3 Å². The summed E-state index contributed by atoms with van der Waals surface area (Å²) in [5.41, 5.74) is 2.07. The summed E-state index contributed by atoms with van der Waals surface area (Å²) < 4.78 is 0. The first-order valence-corrected chi connectivity index (χ1v) is 6.70. The molecule has 0 bridgehead atoms. The lowest BCUT2D eigenvalue weighted by Crippen LogP contribution is -2.43. The lowest BCUT2D eigenvalue weighted by molar-refractivity contribution is -0.142. The smallest absolute Gasteiger partial charge is 0.328 e. The summed E-state index contributed by atoms with van der Waals surface area (Å²) in [4.78, 5) is 22.2. The number of halogens is 1. The van der Waals surface area contributed by atoms with E-state index in [4.69, 9.17) is 21.8 Å². The highest BCUT2D eigenvalue weighted by Gasteiger charge is 2.18. The third kappa shape index (κ3) is 5.19. The molecule has 0 spiro atoms. The Morgan fingerprint density at radius 2 is 2.10 bits per heavy atom. The van der Waals surface area contributed by atoms with Gasteiger partial charge in [0.1, 0.15) is 6.04 Å². The Kier molecular flexibility index (Phi) is 6.48. The standard InChI is InChI=1S/C14H18ClNO4/c1-9-7-10(5-6-11(9)15)3-2-4-13(18)16-12(8-17)14(19)20/h5-7,12,17H,2-4,8H2,1H3,(H,16,18)(H,19,20). The number of carboxylic acids is 1. The average molecular weight is 300 g/mol. The van der Waals surface area contributed by atoms with Crippen molar-refractivity contribution in [3.05, 3.63) is 34.3 Å². The van der Waals surface area contributed by atoms with Crippen molar-refractivity contribution in [2.45, 2.75) is 32.2 Å². The molecule has 1 aromatic rings. The summed E-state index contributed by atoms with van der Waals surface area (Å²) in [6.45, 7) is 1.30. The predicted octanol–water partition coefficient (Wildman–Crippen LogP) is 1.53. The Hall–Kier alpha value is -1.59. The molecule has 1 rings (SSSR count). The van der Waals surface area contributed by atoms with Gasteiger partial charge in [-0.3, -0.25) is 4.79 Å². The van der Waals surface area contributed by atoms with Crippen molar-refractivity contribution in [1.29, 1.82) is 0 Å². The Labute approximate surface area is 122 Å². The van der Waals surface area contributed by atoms with Gasteiger partial charge in [0, 0.05) is 11.4 Å². The van der Waals surface area contributed by atoms with Crippen LogP contribution < -0.4 is 5.32 Å². The number of nitrogens with one attached hydrogen (secondary N) is 1. The lowest BCUT2D eigenvalue weighted by Gasteiger charge is -2.11. The molecule has 0 radical (unpaired) electrons. The quantitative estimate of drug-likeness (QED) is 0.712. The van der Waals surface area contributed by atoms with Gasteiger partial charge >= 0.3 is 5.97 Å². The normalized spacial score (nSPS) is 11.9. The van der Waals surface area contributed by atoms with E-state index in [1.165, 1.54) is 0 Å². The van der Waals surface area contributed by atoms with Crippen molar-refractivity contribution in [2.24, 2.45) is 0 Å². The van der Waals surface area contributed by atoms with Gasteiger partial charge in [0.2, 0.25) is 5.91 Å². The van der Waals surface area contributed by atoms with Crippen LogP contribution in [0.3, 0.4) is 0 Å². The van der Waals surface area contributed by atoms with Gasteiger partial charge in [-0.15, -0.1) is 0 Å². The molecule has 1 aromatic carbocycles. The lowest BCUT2D eigenvalue weighted by atomic mass is 10.1. The maximum absolute atomic E-state index is 11.5. The summed E-state index contributed by atoms with van der Waals surface area (Å²) in [6.07, 6.45) is 1.53. The summed E-state index contributed by atoms with van der Waals surface area (Å²) in [5, 5.41) is 20.5. The Bertz CT molecular complexity index is 490. The molecular weight excluding hydrogens is 282 g/mol. The second kappa shape index (κ2) is 7.87. The number of aliphatic carboxylic acids is 1. The van der Waals surface area contributed by atoms with Crippen LogP contribution in [-0.4, -0.2) is 34.7 Å². The minimum atomic E-state index is -1.24. The molecule has 3 N–H and O–H groups in total. The molecule has 1 amide bonds. The number of amides is 1. The molecule has 110 valence electrons. The molecular formula is C14H18ClNO4. The third-order valence-corrected chi connectivity index (χ3v) is 3.33. The summed E-state index contributed by atoms with van der Waals surface area (Å²) >= 11 is 5.92. The molecule has 0 aromatic heterocycles. The fourth-order valence-electron chi connectivity index (χ4n) is 1.77. The van der Waals surface area contributed by atoms with Crippen molar-refractivity contribution in [3.8, 4) is 0 Å². The molecule has 0 aliphatic heterocycles. The number of aliphatic hydroxyl groups excluding tert-OH is 1. The van der Waals surface area contributed by atoms with Crippen LogP contribution in [0.2, 0.25) is 5.02 Å². The molecule has 6 heteroatoms. The largest absolute Gasteiger partial charge is 0.480 e. The van der Waals surface area contributed by atoms with E-state index < -0.39 is 18.6 Å². The van der Waals surface area contributed by atoms with Crippen LogP contribution in [0.15, 0.2) is 18.2 Å². The van der Waals surface area contributed by atoms with Gasteiger partial charge in [-0.2, -0.15) is 0 Å². The van der Waals surface area contributed by atoms with E-state index in [1.54, 1.807) is 0 Å². The number of rotatable bonds is 7. The number of hydrogen-bond donors (Lipinski definition) is 3. The number of carboxylic acid groups (broad SMARTS) is 1. The first-order valence-electron chi connectivity index (χ1n) is 6.32. The Balaban J connectivity index is 2.38. The second-order valence-electron chi connectivity index (χ2n) is 4.58. The second-order valence-corrected chi connectivity index (χ2v) is 4.99. The Morgan fingerprint density at radius 1 is 1.40 bits per heavy atom. The van der Waals surface area contributed by atoms with Gasteiger partial charge in [0.15, 0.2) is 0 Å². The van der Waals surface area contributed by atoms with Gasteiger partial charge in [-0.25, -0.2) is 4.79 Å². The molecule has 0 fully saturated rings. The van der Waals surface area contributed by atoms with Crippen molar-refractivity contribution >= 4 is 23.5 Å². The number of aliphatic hydroxyl groups is 1. The number of benzene rings is 1. The monoisotopic (exact) mass is 299 g/mol. The van der Waals surface area contributed by atoms with Crippen molar-refractivity contribution in [2.75, 3.05) is 6.61 Å². The van der Waals surface area contributed by atoms with Crippen molar-refractivity contribution < 1.29 is 19.8 Å². The molecule has 0 aliphatic rings. The number of carbonyl (C=O) groups excluding carboxylic acids is 1. The highest BCUT2D eigenvalue weighted by Crippen LogP contribution is 2.17. The highest BCUT2D eigenvalue weighted by molar-refractivity contribution is 6.31. The Morgan fingerprint density at radius 3 is 2.65 bits per heavy atom. The zero-order valence-electron chi connectivity index (χ0n) is 11.2. The van der Waals surface area contributed by atoms with E-state index in [9.17, 15) is 9.59 Å². The van der Waals surface area contributed by atoms with E-state index in [0.29, 0.717) is 17.9 Å². The van der Waals surface area contributed by atoms with Gasteiger partial charge in [0.05, 0.1) is 6.61 Å². The highest BCUT2D eigenvalue weighted by atomic mass is 35.5. The van der Waals surface area contributed by atoms with Crippen LogP contribution in [0.25, 0.3) is 0 Å². The van der Waals surface area contributed by atoms with Crippen LogP contribution in [0.5, 0.6) is 0 Å². The fraction of sp³-hybridized carbons (Fsp3) is 0.429. The first-order chi connectivity index (χ1) is 9.43. The maximum atomic E-state index is 11.5. The zero-order chi connectivity index (χ0) is 15.1. The zero-order valence-corrected chi connectivity index (χ0v) is 12.0. The fourth-order valence-corrected chi connectivity index (χ4v) is 1.88. The number of aryl methyl sites for hydroxylation is 2. The maximum Gasteiger partial charge on any atom is 0.328 e. The molecule has 0 saturated heterocycles. The molecule has 5 nitrogen and oxygen atoms in total. The molecule has 0 aliphatic carbocycles. The van der Waals surface area contributed by atoms with Gasteiger partial charge in [-0.1, -0.05) is 23.7 Å². The van der Waals surface area contributed by atoms with Crippen LogP contribution in [0, 0.1) is 6.92 Å². The van der Waals surface area contributed by atoms with Gasteiger partial charge in [-0.05, 0) is 37.0 Å². The van der Waals surface area contributed by atoms with Gasteiger partial charge in [0.25, 0.3) is 0 Å². The predicted molar refractivity (Wildman–Crippen MR) is 75.8 cm³/mol. The van der Waals surface area contributed by atoms with Crippen LogP contribution in [0.4, 0.5) is 0 Å². The van der Waals surface area contributed by atoms with Crippen molar-refractivity contribution in [1.82, 2.24) is 5.32 Å². The number of carbonyl (C=O) groups is 2. The van der Waals surface area contributed by atoms with E-state index >= 15 is 0 Å². The molecule has 1 atom stereocenters. The number of hydrogen-bond acceptors (Lipinski definition) is 3. The van der Waals surface area contributed by atoms with E-state index in [2.05, 4.69) is 5.32 Å². The molecule has 1 unspecified atom stereocenters. The van der Waals surface area contributed by atoms with E-state index in [0.717, 1.165) is 11.1 Å². The van der Waals surface area contributed by atoms with Crippen LogP contribution in [-0.2, 0) is 16.0 Å². The minimum Gasteiger partial charge on any atom is -0.480 e. The molecule has 0 saturated carbocycles. The summed E-state index contributed by atoms with van der Waals surface area (Å²) in [7, 11) is 0. The first kappa shape index (κ1) is 16.5. The topological polar surface area (TPSA) is 86.6 Å². The summed E-state index contributed by atoms with van der Waals surface area (Å²) in [5.74, 6) is -1.62. The molecule has 0 heterocycles. The van der Waals surface area contributed by atoms with Crippen molar-refractivity contribution in [3.63, 3.8) is 0 Å². The average Bonchev–Trinajstić information content (AvgIpc) is 2.39. The van der Waals surface area contributed by atoms with Crippen LogP contribution in [0.1, 0.15) is 24.0 Å². The minimum absolute atomic E-state index is 0.214. The SMILES string of the molecule is Cc1cc(CCCC(=O)NC(CO)C(=O)O)ccc1Cl. The summed E-state index contributed by atoms with van der Waals surface area (Å²) in [6, 6.07) is 4.45. The molecule has 20 heavy (non-hydrogen) atoms. The van der Waals surface area contributed by atoms with Gasteiger partial charge < -0.3 is 15.5 Å². The van der Waals surface area contributed by atoms with Crippen LogP contribution >= 0.6 is 11.6 Å². The van der Waals surface area contributed by atoms with E-state index in [1.807, 2.05) is 25.1 Å².